The van der Waals surface area contributed by atoms with Crippen molar-refractivity contribution in [3.8, 4) is 0 Å². The number of rotatable bonds is 3. The molecule has 6 heteroatoms. The summed E-state index contributed by atoms with van der Waals surface area (Å²) in [6.07, 6.45) is 0.979. The first-order chi connectivity index (χ1) is 6.17. The second kappa shape index (κ2) is 6.08. The van der Waals surface area contributed by atoms with Crippen LogP contribution in [0.3, 0.4) is 0 Å². The first-order valence-corrected chi connectivity index (χ1v) is 4.39. The molecule has 14 heavy (non-hydrogen) atoms. The maximum absolute atomic E-state index is 10.5. The average molecular weight is 220 g/mol. The van der Waals surface area contributed by atoms with Crippen molar-refractivity contribution in [1.29, 1.82) is 0 Å². The molecule has 68 valence electrons. The summed E-state index contributed by atoms with van der Waals surface area (Å²) < 4.78 is 21.0. The van der Waals surface area contributed by atoms with Crippen LogP contribution in [0.15, 0.2) is 23.1 Å². The fourth-order valence-corrected chi connectivity index (χ4v) is 1.34. The molecule has 0 aliphatic rings. The van der Waals surface area contributed by atoms with Gasteiger partial charge in [-0.1, -0.05) is 17.0 Å². The Labute approximate surface area is 105 Å². The molecule has 0 radical (unpaired) electrons. The number of aldehydes is 2. The maximum Gasteiger partial charge on any atom is 1.00 e. The molecule has 1 aromatic carbocycles. The summed E-state index contributed by atoms with van der Waals surface area (Å²) in [5.74, 6) is 0. The van der Waals surface area contributed by atoms with Crippen molar-refractivity contribution in [2.45, 2.75) is 4.90 Å². The predicted molar refractivity (Wildman–Crippen MR) is 44.2 cm³/mol. The van der Waals surface area contributed by atoms with Crippen LogP contribution in [-0.2, 0) is 19.1 Å². The molecule has 0 aromatic heterocycles. The van der Waals surface area contributed by atoms with Gasteiger partial charge in [0.1, 0.15) is 12.6 Å². The van der Waals surface area contributed by atoms with E-state index >= 15 is 0 Å². The molecule has 0 N–H and O–H groups in total. The molecular weight excluding hydrogens is 215 g/mol. The normalized spacial score (nSPS) is 9.21. The Kier molecular flexibility index (Phi) is 5.87. The minimum atomic E-state index is -2.42. The van der Waals surface area contributed by atoms with E-state index in [-0.39, 0.29) is 45.6 Å². The molecule has 0 saturated heterocycles. The van der Waals surface area contributed by atoms with Gasteiger partial charge in [0.15, 0.2) is 0 Å². The van der Waals surface area contributed by atoms with Crippen LogP contribution < -0.4 is 29.6 Å². The van der Waals surface area contributed by atoms with Gasteiger partial charge in [0.25, 0.3) is 0 Å². The second-order valence-electron chi connectivity index (χ2n) is 2.31. The quantitative estimate of drug-likeness (QED) is 0.335. The van der Waals surface area contributed by atoms with E-state index in [1.54, 1.807) is 0 Å². The van der Waals surface area contributed by atoms with Gasteiger partial charge in [-0.05, 0) is 16.8 Å². The van der Waals surface area contributed by atoms with Crippen molar-refractivity contribution in [3.05, 3.63) is 29.3 Å². The van der Waals surface area contributed by atoms with Gasteiger partial charge in [0, 0.05) is 11.1 Å². The van der Waals surface area contributed by atoms with Crippen LogP contribution in [-0.4, -0.2) is 12.6 Å². The molecule has 0 aliphatic carbocycles. The number of carbonyl (C=O) groups excluding carboxylic acids is 2. The summed E-state index contributed by atoms with van der Waals surface area (Å²) in [7, 11) is -2.42. The van der Waals surface area contributed by atoms with Crippen LogP contribution in [0.4, 0.5) is 0 Å². The smallest absolute Gasteiger partial charge is 0.420 e. The number of carbonyl (C=O) groups is 2. The minimum Gasteiger partial charge on any atom is -0.420 e. The van der Waals surface area contributed by atoms with Crippen molar-refractivity contribution >= 4 is 23.3 Å². The van der Waals surface area contributed by atoms with Crippen LogP contribution in [0.5, 0.6) is 0 Å². The molecule has 0 fully saturated rings. The van der Waals surface area contributed by atoms with E-state index < -0.39 is 10.7 Å². The molecule has 0 bridgehead atoms. The zero-order chi connectivity index (χ0) is 9.84. The Morgan fingerprint density at radius 3 is 1.64 bits per heavy atom. The van der Waals surface area contributed by atoms with Crippen molar-refractivity contribution in [2.75, 3.05) is 0 Å². The van der Waals surface area contributed by atoms with Gasteiger partial charge < -0.3 is 8.42 Å². The van der Waals surface area contributed by atoms with Crippen LogP contribution >= 0.6 is 0 Å². The number of hydrogen-bond donors (Lipinski definition) is 0. The van der Waals surface area contributed by atoms with Gasteiger partial charge >= 0.3 is 29.6 Å². The molecule has 0 atom stereocenters. The van der Waals surface area contributed by atoms with Crippen LogP contribution in [0.25, 0.3) is 0 Å². The zero-order valence-electron chi connectivity index (χ0n) is 7.43. The Bertz CT molecular complexity index is 391. The van der Waals surface area contributed by atoms with E-state index in [0.29, 0.717) is 12.6 Å². The van der Waals surface area contributed by atoms with Gasteiger partial charge in [-0.3, -0.25) is 9.59 Å². The molecule has 0 heterocycles. The van der Waals surface area contributed by atoms with Crippen molar-refractivity contribution < 1.29 is 47.6 Å². The topological polar surface area (TPSA) is 68.3 Å². The molecule has 0 spiro atoms. The molecular formula is C8H5NaO4S. The molecule has 4 nitrogen and oxygen atoms in total. The summed E-state index contributed by atoms with van der Waals surface area (Å²) in [4.78, 5) is 20.6. The molecule has 0 aliphatic heterocycles. The molecule has 1 aromatic rings. The maximum atomic E-state index is 10.5. The van der Waals surface area contributed by atoms with Crippen LogP contribution in [0, 0.1) is 0 Å². The van der Waals surface area contributed by atoms with Gasteiger partial charge in [-0.15, -0.1) is 0 Å². The third-order valence-corrected chi connectivity index (χ3v) is 2.04. The monoisotopic (exact) mass is 220 g/mol. The fraction of sp³-hybridized carbons (Fsp3) is 0. The van der Waals surface area contributed by atoms with Crippen molar-refractivity contribution in [2.24, 2.45) is 0 Å². The standard InChI is InChI=1S/C8H5O4S.Na/c9-4-6-1-7(5-10)3-8(2-6)13(11)12;/h1-5H;/q-1;+1. The Morgan fingerprint density at radius 1 is 0.929 bits per heavy atom. The molecule has 0 unspecified atom stereocenters. The molecule has 1 rings (SSSR count). The summed E-state index contributed by atoms with van der Waals surface area (Å²) in [5.41, 5.74) is 0.340. The fourth-order valence-electron chi connectivity index (χ4n) is 0.878. The predicted octanol–water partition coefficient (Wildman–Crippen LogP) is -2.02. The van der Waals surface area contributed by atoms with Gasteiger partial charge in [-0.25, -0.2) is 0 Å². The summed E-state index contributed by atoms with van der Waals surface area (Å²) in [6.45, 7) is 0. The SMILES string of the molecule is O=Cc1cc(C=O)cc([S-](=O)=O)c1.[Na+]. The summed E-state index contributed by atoms with van der Waals surface area (Å²) >= 11 is 0. The Balaban J connectivity index is 0.00000169. The zero-order valence-corrected chi connectivity index (χ0v) is 10.2. The molecule has 0 saturated carbocycles. The van der Waals surface area contributed by atoms with E-state index in [9.17, 15) is 18.0 Å². The van der Waals surface area contributed by atoms with E-state index in [0.717, 1.165) is 0 Å². The van der Waals surface area contributed by atoms with E-state index in [2.05, 4.69) is 0 Å². The minimum absolute atomic E-state index is 0. The Morgan fingerprint density at radius 2 is 1.36 bits per heavy atom. The Hall–Kier alpha value is -0.490. The second-order valence-corrected chi connectivity index (χ2v) is 3.25. The number of hydrogen-bond acceptors (Lipinski definition) is 5. The van der Waals surface area contributed by atoms with E-state index in [1.165, 1.54) is 18.2 Å². The molecule has 0 amide bonds. The van der Waals surface area contributed by atoms with Crippen molar-refractivity contribution in [1.82, 2.24) is 0 Å². The number of benzene rings is 1. The third-order valence-electron chi connectivity index (χ3n) is 1.42. The van der Waals surface area contributed by atoms with Gasteiger partial charge in [0.05, 0.1) is 0 Å². The van der Waals surface area contributed by atoms with Crippen molar-refractivity contribution in [3.63, 3.8) is 0 Å². The van der Waals surface area contributed by atoms with Crippen LogP contribution in [0.2, 0.25) is 0 Å². The van der Waals surface area contributed by atoms with Crippen LogP contribution in [0.1, 0.15) is 20.7 Å². The average Bonchev–Trinajstić information content (AvgIpc) is 2.16. The summed E-state index contributed by atoms with van der Waals surface area (Å²) in [6, 6.07) is 3.71. The first-order valence-electron chi connectivity index (χ1n) is 3.32. The third kappa shape index (κ3) is 3.34. The van der Waals surface area contributed by atoms with E-state index in [1.807, 2.05) is 0 Å². The summed E-state index contributed by atoms with van der Waals surface area (Å²) in [5, 5.41) is 0. The van der Waals surface area contributed by atoms with Gasteiger partial charge in [0.2, 0.25) is 0 Å². The van der Waals surface area contributed by atoms with E-state index in [4.69, 9.17) is 0 Å². The largest absolute Gasteiger partial charge is 1.00 e. The first kappa shape index (κ1) is 13.5. The van der Waals surface area contributed by atoms with Gasteiger partial charge in [-0.2, -0.15) is 0 Å².